The van der Waals surface area contributed by atoms with Crippen molar-refractivity contribution < 1.29 is 67.3 Å². The van der Waals surface area contributed by atoms with Crippen molar-refractivity contribution >= 4 is 24.6 Å². The lowest BCUT2D eigenvalue weighted by Gasteiger charge is -2.22. The Balaban J connectivity index is 4.44. The first-order valence-electron chi connectivity index (χ1n) is 48.0. The number of carbonyl (C=O) groups excluding carboxylic acids is 4. The molecular formula is C94H184N2O14. The number of unbranched alkanes of at least 4 members (excludes halogenated alkanes) is 50. The van der Waals surface area contributed by atoms with Crippen LogP contribution < -0.4 is 0 Å². The average molecular weight is 1570 g/mol. The summed E-state index contributed by atoms with van der Waals surface area (Å²) in [7, 11) is 0. The molecule has 0 saturated carbocycles. The number of aliphatic hydroxyl groups is 2. The highest BCUT2D eigenvalue weighted by molar-refractivity contribution is 5.60. The second-order valence-electron chi connectivity index (χ2n) is 33.0. The van der Waals surface area contributed by atoms with Crippen LogP contribution in [0.3, 0.4) is 0 Å². The number of rotatable bonds is 90. The van der Waals surface area contributed by atoms with Crippen molar-refractivity contribution in [3.63, 3.8) is 0 Å². The molecule has 0 aromatic rings. The van der Waals surface area contributed by atoms with Gasteiger partial charge >= 0.3 is 24.6 Å². The van der Waals surface area contributed by atoms with E-state index in [0.717, 1.165) is 213 Å². The molecule has 0 spiro atoms. The minimum atomic E-state index is -0.549. The molecule has 110 heavy (non-hydrogen) atoms. The molecule has 0 saturated heterocycles. The van der Waals surface area contributed by atoms with Crippen LogP contribution in [0.2, 0.25) is 0 Å². The standard InChI is InChI=1S/C94H184N2O14/c1-6-11-16-21-25-32-35-45-62-81-103-91(99)104-84-66-49-59-76-96(78-80-98)75-56-42-36-46-63-85-107-94(102)110-90(71-54-40-24-19-14-9-4)72-55-41-34-31-29-27-26-28-30-33-39-53-70-89(69-52-38-23-18-13-8-3)87-109-93(101)106-83-65-48-44-58-74-95(77-60-61-79-97)73-57-43-47-64-82-105-92(100)108-86-88(67-50-20-15-10-5)68-51-37-22-17-12-7-2/h88-90,97-98H,6-87H2,1-5H3. The molecule has 0 bridgehead atoms. The van der Waals surface area contributed by atoms with E-state index < -0.39 is 24.6 Å². The predicted molar refractivity (Wildman–Crippen MR) is 460 cm³/mol. The van der Waals surface area contributed by atoms with Crippen molar-refractivity contribution in [3.05, 3.63) is 0 Å². The smallest absolute Gasteiger partial charge is 0.434 e. The monoisotopic (exact) mass is 1570 g/mol. The Morgan fingerprint density at radius 2 is 0.427 bits per heavy atom. The van der Waals surface area contributed by atoms with Crippen LogP contribution in [0.4, 0.5) is 19.2 Å². The first-order chi connectivity index (χ1) is 54.1. The van der Waals surface area contributed by atoms with Crippen molar-refractivity contribution in [3.8, 4) is 0 Å². The minimum Gasteiger partial charge on any atom is -0.434 e. The van der Waals surface area contributed by atoms with E-state index in [0.29, 0.717) is 64.6 Å². The number of ether oxygens (including phenoxy) is 8. The fourth-order valence-electron chi connectivity index (χ4n) is 15.2. The zero-order valence-corrected chi connectivity index (χ0v) is 73.4. The van der Waals surface area contributed by atoms with Crippen molar-refractivity contribution in [2.24, 2.45) is 11.8 Å². The lowest BCUT2D eigenvalue weighted by Crippen LogP contribution is -2.29. The number of aliphatic hydroxyl groups excluding tert-OH is 2. The molecule has 0 fully saturated rings. The first-order valence-corrected chi connectivity index (χ1v) is 48.0. The van der Waals surface area contributed by atoms with Crippen molar-refractivity contribution in [2.45, 2.75) is 471 Å². The molecular weight excluding hydrogens is 1380 g/mol. The Bertz CT molecular complexity index is 1870. The summed E-state index contributed by atoms with van der Waals surface area (Å²) in [5.74, 6) is 0.833. The van der Waals surface area contributed by atoms with E-state index >= 15 is 0 Å². The van der Waals surface area contributed by atoms with Gasteiger partial charge in [-0.25, -0.2) is 19.2 Å². The Hall–Kier alpha value is -3.08. The summed E-state index contributed by atoms with van der Waals surface area (Å²) in [6, 6.07) is 0. The highest BCUT2D eigenvalue weighted by Gasteiger charge is 2.19. The second-order valence-corrected chi connectivity index (χ2v) is 33.0. The van der Waals surface area contributed by atoms with E-state index in [2.05, 4.69) is 44.4 Å². The number of hydrogen-bond acceptors (Lipinski definition) is 16. The van der Waals surface area contributed by atoms with Crippen molar-refractivity contribution in [1.29, 1.82) is 0 Å². The Morgan fingerprint density at radius 1 is 0.218 bits per heavy atom. The molecule has 2 N–H and O–H groups in total. The summed E-state index contributed by atoms with van der Waals surface area (Å²) in [5.41, 5.74) is 0. The van der Waals surface area contributed by atoms with Gasteiger partial charge in [-0.05, 0) is 173 Å². The normalized spacial score (nSPS) is 12.4. The molecule has 0 aromatic heterocycles. The maximum atomic E-state index is 12.9. The summed E-state index contributed by atoms with van der Waals surface area (Å²) in [5, 5.41) is 19.1. The second kappa shape index (κ2) is 89.8. The third kappa shape index (κ3) is 81.5. The van der Waals surface area contributed by atoms with Crippen LogP contribution >= 0.6 is 0 Å². The van der Waals surface area contributed by atoms with E-state index in [4.69, 9.17) is 37.9 Å². The van der Waals surface area contributed by atoms with Gasteiger partial charge in [-0.2, -0.15) is 0 Å². The van der Waals surface area contributed by atoms with Crippen LogP contribution in [-0.2, 0) is 37.9 Å². The molecule has 0 heterocycles. The van der Waals surface area contributed by atoms with Crippen molar-refractivity contribution in [2.75, 3.05) is 98.7 Å². The molecule has 16 heteroatoms. The zero-order valence-electron chi connectivity index (χ0n) is 73.4. The third-order valence-electron chi connectivity index (χ3n) is 22.4. The van der Waals surface area contributed by atoms with E-state index in [9.17, 15) is 29.4 Å². The number of hydrogen-bond donors (Lipinski definition) is 2. The molecule has 654 valence electrons. The quantitative estimate of drug-likeness (QED) is 0.0332. The number of nitrogens with zero attached hydrogens (tertiary/aromatic N) is 2. The highest BCUT2D eigenvalue weighted by Crippen LogP contribution is 2.24. The molecule has 16 nitrogen and oxygen atoms in total. The largest absolute Gasteiger partial charge is 0.508 e. The molecule has 3 unspecified atom stereocenters. The summed E-state index contributed by atoms with van der Waals surface area (Å²) in [6.07, 6.45) is 75.8. The summed E-state index contributed by atoms with van der Waals surface area (Å²) in [6.45, 7) is 20.3. The topological polar surface area (TPSA) is 189 Å². The minimum absolute atomic E-state index is 0.0630. The van der Waals surface area contributed by atoms with Gasteiger partial charge < -0.3 is 57.9 Å². The molecule has 0 radical (unpaired) electrons. The first kappa shape index (κ1) is 107. The fourth-order valence-corrected chi connectivity index (χ4v) is 15.2. The summed E-state index contributed by atoms with van der Waals surface area (Å²) >= 11 is 0. The van der Waals surface area contributed by atoms with Gasteiger partial charge in [0.1, 0.15) is 6.10 Å². The SMILES string of the molecule is CCCCCCCCCCCOC(=O)OCCCCCN(CCO)CCCCCCCOC(=O)OC(CCCCCCCC)CCCCCCCCCCCCCCC(CCCCCCCC)COC(=O)OCCCCCCN(CCCCO)CCCCCCOC(=O)OCC(CCCCCC)CCCCCCCC. The van der Waals surface area contributed by atoms with Crippen LogP contribution in [0.15, 0.2) is 0 Å². The predicted octanol–water partition coefficient (Wildman–Crippen LogP) is 28.0. The van der Waals surface area contributed by atoms with Gasteiger partial charge in [0, 0.05) is 13.2 Å². The third-order valence-corrected chi connectivity index (χ3v) is 22.4. The van der Waals surface area contributed by atoms with Crippen LogP contribution in [0.25, 0.3) is 0 Å². The maximum absolute atomic E-state index is 12.9. The van der Waals surface area contributed by atoms with E-state index in [1.54, 1.807) is 0 Å². The van der Waals surface area contributed by atoms with E-state index in [1.165, 1.54) is 250 Å². The van der Waals surface area contributed by atoms with Gasteiger partial charge in [0.15, 0.2) is 0 Å². The molecule has 0 amide bonds. The Morgan fingerprint density at radius 3 is 0.709 bits per heavy atom. The molecule has 3 atom stereocenters. The lowest BCUT2D eigenvalue weighted by atomic mass is 9.94. The maximum Gasteiger partial charge on any atom is 0.508 e. The van der Waals surface area contributed by atoms with Gasteiger partial charge in [-0.3, -0.25) is 0 Å². The van der Waals surface area contributed by atoms with Crippen LogP contribution in [-0.4, -0.2) is 149 Å². The highest BCUT2D eigenvalue weighted by atomic mass is 16.7. The molecule has 0 aliphatic carbocycles. The van der Waals surface area contributed by atoms with E-state index in [-0.39, 0.29) is 19.3 Å². The number of carbonyl (C=O) groups is 4. The van der Waals surface area contributed by atoms with Gasteiger partial charge in [0.05, 0.1) is 52.9 Å². The summed E-state index contributed by atoms with van der Waals surface area (Å²) < 4.78 is 44.6. The molecule has 0 aliphatic heterocycles. The Labute approximate surface area is 679 Å². The lowest BCUT2D eigenvalue weighted by molar-refractivity contribution is 0.0153. The van der Waals surface area contributed by atoms with Gasteiger partial charge in [0.2, 0.25) is 0 Å². The van der Waals surface area contributed by atoms with Crippen LogP contribution in [0.1, 0.15) is 465 Å². The van der Waals surface area contributed by atoms with Gasteiger partial charge in [0.25, 0.3) is 0 Å². The molecule has 0 aromatic carbocycles. The summed E-state index contributed by atoms with van der Waals surface area (Å²) in [4.78, 5) is 55.0. The van der Waals surface area contributed by atoms with Crippen molar-refractivity contribution in [1.82, 2.24) is 9.80 Å². The van der Waals surface area contributed by atoms with Crippen LogP contribution in [0, 0.1) is 11.8 Å². The zero-order chi connectivity index (χ0) is 79.8. The van der Waals surface area contributed by atoms with E-state index in [1.807, 2.05) is 0 Å². The average Bonchev–Trinajstić information content (AvgIpc) is 1.02. The van der Waals surface area contributed by atoms with Gasteiger partial charge in [-0.1, -0.05) is 336 Å². The Kier molecular flexibility index (Phi) is 87.3. The molecule has 0 rings (SSSR count). The fraction of sp³-hybridized carbons (Fsp3) is 0.957. The molecule has 0 aliphatic rings. The van der Waals surface area contributed by atoms with Gasteiger partial charge in [-0.15, -0.1) is 0 Å². The van der Waals surface area contributed by atoms with Crippen LogP contribution in [0.5, 0.6) is 0 Å².